The second-order valence-electron chi connectivity index (χ2n) is 3.02. The van der Waals surface area contributed by atoms with E-state index in [2.05, 4.69) is 0 Å². The van der Waals surface area contributed by atoms with Gasteiger partial charge in [0, 0.05) is 6.92 Å². The summed E-state index contributed by atoms with van der Waals surface area (Å²) in [7, 11) is 0. The van der Waals surface area contributed by atoms with Crippen molar-refractivity contribution in [3.05, 3.63) is 29.8 Å². The first-order valence-electron chi connectivity index (χ1n) is 4.33. The molecule has 0 spiro atoms. The Hall–Kier alpha value is -1.20. The van der Waals surface area contributed by atoms with Gasteiger partial charge in [0.15, 0.2) is 0 Å². The molecular formula is C10H12ClF2NO2. The Kier molecular flexibility index (Phi) is 5.92. The van der Waals surface area contributed by atoms with E-state index in [4.69, 9.17) is 10.5 Å². The standard InChI is InChI=1S/C10H11F2NO2.ClH/c1-6(14)15-8-4-2-7(3-5-8)9(13)10(11)12;/h2-5,9-10H,13H2,1H3;1H/t9-;/m1./s1. The molecule has 0 saturated carbocycles. The molecule has 2 N–H and O–H groups in total. The summed E-state index contributed by atoms with van der Waals surface area (Å²) in [6.45, 7) is 1.26. The van der Waals surface area contributed by atoms with E-state index in [1.54, 1.807) is 0 Å². The first kappa shape index (κ1) is 14.8. The Morgan fingerprint density at radius 1 is 1.31 bits per heavy atom. The summed E-state index contributed by atoms with van der Waals surface area (Å²) in [5.74, 6) is -0.145. The Morgan fingerprint density at radius 2 is 1.81 bits per heavy atom. The number of hydrogen-bond acceptors (Lipinski definition) is 3. The summed E-state index contributed by atoms with van der Waals surface area (Å²) in [5.41, 5.74) is 5.54. The summed E-state index contributed by atoms with van der Waals surface area (Å²) >= 11 is 0. The fourth-order valence-corrected chi connectivity index (χ4v) is 1.07. The molecule has 90 valence electrons. The van der Waals surface area contributed by atoms with Crippen molar-refractivity contribution in [1.82, 2.24) is 0 Å². The summed E-state index contributed by atoms with van der Waals surface area (Å²) in [6.07, 6.45) is -2.61. The zero-order chi connectivity index (χ0) is 11.4. The Labute approximate surface area is 98.0 Å². The van der Waals surface area contributed by atoms with Gasteiger partial charge in [-0.25, -0.2) is 8.78 Å². The molecule has 1 aromatic carbocycles. The van der Waals surface area contributed by atoms with Crippen LogP contribution in [0.3, 0.4) is 0 Å². The number of alkyl halides is 2. The lowest BCUT2D eigenvalue weighted by Crippen LogP contribution is -2.18. The number of rotatable bonds is 3. The SMILES string of the molecule is CC(=O)Oc1ccc([C@@H](N)C(F)F)cc1.Cl. The van der Waals surface area contributed by atoms with Gasteiger partial charge in [0.1, 0.15) is 5.75 Å². The van der Waals surface area contributed by atoms with Crippen LogP contribution in [0.4, 0.5) is 8.78 Å². The minimum atomic E-state index is -2.61. The van der Waals surface area contributed by atoms with E-state index in [0.717, 1.165) is 0 Å². The van der Waals surface area contributed by atoms with Crippen molar-refractivity contribution >= 4 is 18.4 Å². The van der Waals surface area contributed by atoms with E-state index in [1.165, 1.54) is 31.2 Å². The van der Waals surface area contributed by atoms with Crippen LogP contribution in [0.1, 0.15) is 18.5 Å². The third-order valence-electron chi connectivity index (χ3n) is 1.80. The van der Waals surface area contributed by atoms with Crippen molar-refractivity contribution in [3.63, 3.8) is 0 Å². The number of halogens is 3. The van der Waals surface area contributed by atoms with Crippen LogP contribution in [0.15, 0.2) is 24.3 Å². The van der Waals surface area contributed by atoms with Crippen LogP contribution in [-0.2, 0) is 4.79 Å². The van der Waals surface area contributed by atoms with Gasteiger partial charge >= 0.3 is 5.97 Å². The number of hydrogen-bond donors (Lipinski definition) is 1. The van der Waals surface area contributed by atoms with Crippen LogP contribution in [0.5, 0.6) is 5.75 Å². The predicted octanol–water partition coefficient (Wildman–Crippen LogP) is 2.30. The summed E-state index contributed by atoms with van der Waals surface area (Å²) in [5, 5.41) is 0. The maximum atomic E-state index is 12.2. The van der Waals surface area contributed by atoms with Crippen molar-refractivity contribution in [2.24, 2.45) is 5.73 Å². The molecule has 0 aliphatic heterocycles. The number of nitrogens with two attached hydrogens (primary N) is 1. The van der Waals surface area contributed by atoms with Crippen LogP contribution in [-0.4, -0.2) is 12.4 Å². The lowest BCUT2D eigenvalue weighted by Gasteiger charge is -2.10. The smallest absolute Gasteiger partial charge is 0.308 e. The van der Waals surface area contributed by atoms with Crippen molar-refractivity contribution in [3.8, 4) is 5.75 Å². The number of benzene rings is 1. The molecule has 6 heteroatoms. The van der Waals surface area contributed by atoms with Gasteiger partial charge in [-0.15, -0.1) is 12.4 Å². The zero-order valence-electron chi connectivity index (χ0n) is 8.52. The van der Waals surface area contributed by atoms with Crippen LogP contribution < -0.4 is 10.5 Å². The normalized spacial score (nSPS) is 11.8. The molecule has 0 aliphatic rings. The third-order valence-corrected chi connectivity index (χ3v) is 1.80. The molecule has 0 unspecified atom stereocenters. The van der Waals surface area contributed by atoms with Gasteiger partial charge in [0.2, 0.25) is 0 Å². The van der Waals surface area contributed by atoms with E-state index in [-0.39, 0.29) is 12.4 Å². The van der Waals surface area contributed by atoms with E-state index in [9.17, 15) is 13.6 Å². The van der Waals surface area contributed by atoms with E-state index < -0.39 is 18.4 Å². The van der Waals surface area contributed by atoms with E-state index >= 15 is 0 Å². The molecule has 0 fully saturated rings. The summed E-state index contributed by atoms with van der Waals surface area (Å²) < 4.78 is 29.2. The van der Waals surface area contributed by atoms with Gasteiger partial charge in [-0.1, -0.05) is 12.1 Å². The summed E-state index contributed by atoms with van der Waals surface area (Å²) in [6, 6.07) is 4.37. The molecule has 0 saturated heterocycles. The Morgan fingerprint density at radius 3 is 2.19 bits per heavy atom. The molecule has 1 rings (SSSR count). The zero-order valence-corrected chi connectivity index (χ0v) is 9.34. The minimum absolute atomic E-state index is 0. The molecule has 1 atom stereocenters. The van der Waals surface area contributed by atoms with Crippen molar-refractivity contribution < 1.29 is 18.3 Å². The summed E-state index contributed by atoms with van der Waals surface area (Å²) in [4.78, 5) is 10.6. The van der Waals surface area contributed by atoms with Crippen molar-refractivity contribution in [1.29, 1.82) is 0 Å². The number of ether oxygens (including phenoxy) is 1. The van der Waals surface area contributed by atoms with Crippen LogP contribution >= 0.6 is 12.4 Å². The molecule has 0 aliphatic carbocycles. The number of esters is 1. The maximum Gasteiger partial charge on any atom is 0.308 e. The van der Waals surface area contributed by atoms with Crippen LogP contribution in [0, 0.1) is 0 Å². The van der Waals surface area contributed by atoms with Gasteiger partial charge in [-0.3, -0.25) is 4.79 Å². The predicted molar refractivity (Wildman–Crippen MR) is 57.9 cm³/mol. The van der Waals surface area contributed by atoms with Crippen LogP contribution in [0.2, 0.25) is 0 Å². The lowest BCUT2D eigenvalue weighted by molar-refractivity contribution is -0.131. The third kappa shape index (κ3) is 4.12. The fourth-order valence-electron chi connectivity index (χ4n) is 1.07. The molecular weight excluding hydrogens is 240 g/mol. The highest BCUT2D eigenvalue weighted by Crippen LogP contribution is 2.20. The molecule has 0 heterocycles. The van der Waals surface area contributed by atoms with Gasteiger partial charge in [0.25, 0.3) is 6.43 Å². The topological polar surface area (TPSA) is 52.3 Å². The fraction of sp³-hybridized carbons (Fsp3) is 0.300. The van der Waals surface area contributed by atoms with Crippen LogP contribution in [0.25, 0.3) is 0 Å². The number of carbonyl (C=O) groups is 1. The van der Waals surface area contributed by atoms with Gasteiger partial charge < -0.3 is 10.5 Å². The highest BCUT2D eigenvalue weighted by atomic mass is 35.5. The molecule has 1 aromatic rings. The minimum Gasteiger partial charge on any atom is -0.427 e. The van der Waals surface area contributed by atoms with Crippen molar-refractivity contribution in [2.75, 3.05) is 0 Å². The largest absolute Gasteiger partial charge is 0.427 e. The van der Waals surface area contributed by atoms with E-state index in [1.807, 2.05) is 0 Å². The average Bonchev–Trinajstić information content (AvgIpc) is 2.17. The molecule has 0 bridgehead atoms. The molecule has 0 aromatic heterocycles. The first-order valence-corrected chi connectivity index (χ1v) is 4.33. The van der Waals surface area contributed by atoms with E-state index in [0.29, 0.717) is 11.3 Å². The first-order chi connectivity index (χ1) is 7.00. The Bertz CT molecular complexity index is 343. The maximum absolute atomic E-state index is 12.2. The van der Waals surface area contributed by atoms with Gasteiger partial charge in [-0.05, 0) is 17.7 Å². The quantitative estimate of drug-likeness (QED) is 0.662. The van der Waals surface area contributed by atoms with Crippen molar-refractivity contribution in [2.45, 2.75) is 19.4 Å². The van der Waals surface area contributed by atoms with Gasteiger partial charge in [0.05, 0.1) is 6.04 Å². The monoisotopic (exact) mass is 251 g/mol. The van der Waals surface area contributed by atoms with Gasteiger partial charge in [-0.2, -0.15) is 0 Å². The second kappa shape index (κ2) is 6.40. The average molecular weight is 252 g/mol. The highest BCUT2D eigenvalue weighted by molar-refractivity contribution is 5.85. The Balaban J connectivity index is 0.00000225. The number of carbonyl (C=O) groups excluding carboxylic acids is 1. The molecule has 16 heavy (non-hydrogen) atoms. The molecule has 0 radical (unpaired) electrons. The highest BCUT2D eigenvalue weighted by Gasteiger charge is 2.17. The second-order valence-corrected chi connectivity index (χ2v) is 3.02. The molecule has 3 nitrogen and oxygen atoms in total. The lowest BCUT2D eigenvalue weighted by atomic mass is 10.1. The molecule has 0 amide bonds.